The zero-order chi connectivity index (χ0) is 41.5. The van der Waals surface area contributed by atoms with Crippen LogP contribution in [0, 0.1) is 0 Å². The summed E-state index contributed by atoms with van der Waals surface area (Å²) in [6, 6.07) is 19.5. The summed E-state index contributed by atoms with van der Waals surface area (Å²) in [6.45, 7) is 0.718. The van der Waals surface area contributed by atoms with Gasteiger partial charge in [0.15, 0.2) is 23.0 Å². The number of carbonyl (C=O) groups is 4. The minimum absolute atomic E-state index is 0.0937. The highest BCUT2D eigenvalue weighted by atomic mass is 16.5. The van der Waals surface area contributed by atoms with E-state index >= 15 is 0 Å². The molecule has 306 valence electrons. The molecular weight excluding hydrogens is 765 g/mol. The van der Waals surface area contributed by atoms with Crippen molar-refractivity contribution < 1.29 is 38.1 Å². The van der Waals surface area contributed by atoms with E-state index in [1.165, 1.54) is 14.2 Å². The molecule has 5 aliphatic rings. The molecule has 4 N–H and O–H groups in total. The Morgan fingerprint density at radius 2 is 1.58 bits per heavy atom. The Balaban J connectivity index is 0.960. The molecule has 4 heterocycles. The van der Waals surface area contributed by atoms with Crippen LogP contribution in [-0.4, -0.2) is 67.6 Å². The summed E-state index contributed by atoms with van der Waals surface area (Å²) in [4.78, 5) is 60.9. The van der Waals surface area contributed by atoms with Crippen molar-refractivity contribution >= 4 is 52.6 Å². The van der Waals surface area contributed by atoms with Crippen molar-refractivity contribution in [2.45, 2.75) is 63.8 Å². The van der Waals surface area contributed by atoms with E-state index in [1.54, 1.807) is 34.1 Å². The van der Waals surface area contributed by atoms with Gasteiger partial charge < -0.3 is 35.3 Å². The van der Waals surface area contributed by atoms with Crippen LogP contribution in [0.25, 0.3) is 0 Å². The highest BCUT2D eigenvalue weighted by molar-refractivity contribution is 6.15. The average molecular weight is 809 g/mol. The minimum Gasteiger partial charge on any atom is -0.493 e. The molecule has 0 fully saturated rings. The van der Waals surface area contributed by atoms with Gasteiger partial charge in [0.1, 0.15) is 19.3 Å². The third kappa shape index (κ3) is 7.18. The standard InChI is InChI=1S/C46H44N6O8/c1-57-39-19-32-34(49-23-31-17-28-8-3-5-10-36(28)51(31)45(32)55)21-41(39)59-24-26-14-27(16-30(15-26)48-13-7-12-43(47)53)25-60-42-22-35-33(20-40(42)58-2)46(56)52-37-11-6-4-9-29(37)18-38(52)44(54)50-35/h3,5-6,8,10-11,14-16,19-23,31,38,48H,4,7,9,12-13,17-18,24-25H2,1-2H3,(H2,47,53)(H,50,54)/t31-,38-/m0/s1. The van der Waals surface area contributed by atoms with Gasteiger partial charge in [0.25, 0.3) is 11.8 Å². The molecule has 0 radical (unpaired) electrons. The lowest BCUT2D eigenvalue weighted by atomic mass is 10.0. The van der Waals surface area contributed by atoms with Crippen molar-refractivity contribution in [2.75, 3.05) is 36.3 Å². The fourth-order valence-corrected chi connectivity index (χ4v) is 8.61. The Bertz CT molecular complexity index is 2550. The summed E-state index contributed by atoms with van der Waals surface area (Å²) in [5.74, 6) is 0.432. The number of nitrogens with zero attached hydrogens (tertiary/aromatic N) is 3. The molecule has 60 heavy (non-hydrogen) atoms. The Labute approximate surface area is 346 Å². The van der Waals surface area contributed by atoms with Gasteiger partial charge in [-0.3, -0.25) is 34.0 Å². The van der Waals surface area contributed by atoms with Crippen LogP contribution in [0.5, 0.6) is 23.0 Å². The maximum Gasteiger partial charge on any atom is 0.261 e. The molecule has 4 aliphatic heterocycles. The van der Waals surface area contributed by atoms with Crippen molar-refractivity contribution in [3.63, 3.8) is 0 Å². The van der Waals surface area contributed by atoms with Crippen LogP contribution in [0.3, 0.4) is 0 Å². The second kappa shape index (κ2) is 15.9. The van der Waals surface area contributed by atoms with Gasteiger partial charge >= 0.3 is 0 Å². The van der Waals surface area contributed by atoms with E-state index in [4.69, 9.17) is 29.7 Å². The van der Waals surface area contributed by atoms with Crippen LogP contribution >= 0.6 is 0 Å². The van der Waals surface area contributed by atoms with Gasteiger partial charge in [0.05, 0.1) is 42.8 Å². The van der Waals surface area contributed by atoms with E-state index in [0.29, 0.717) is 71.3 Å². The van der Waals surface area contributed by atoms with Gasteiger partial charge in [0.2, 0.25) is 11.8 Å². The Kier molecular flexibility index (Phi) is 10.2. The number of hydrogen-bond donors (Lipinski definition) is 3. The molecular formula is C46H44N6O8. The summed E-state index contributed by atoms with van der Waals surface area (Å²) in [6.07, 6.45) is 9.48. The lowest BCUT2D eigenvalue weighted by molar-refractivity contribution is -0.119. The summed E-state index contributed by atoms with van der Waals surface area (Å²) in [7, 11) is 3.03. The molecule has 4 amide bonds. The predicted octanol–water partition coefficient (Wildman–Crippen LogP) is 6.60. The number of rotatable bonds is 13. The molecule has 14 nitrogen and oxygen atoms in total. The van der Waals surface area contributed by atoms with E-state index < -0.39 is 6.04 Å². The first-order valence-electron chi connectivity index (χ1n) is 20.0. The van der Waals surface area contributed by atoms with Crippen molar-refractivity contribution in [1.82, 2.24) is 4.90 Å². The largest absolute Gasteiger partial charge is 0.493 e. The Hall–Kier alpha value is -7.09. The molecule has 0 saturated heterocycles. The number of allylic oxidation sites excluding steroid dienone is 2. The molecule has 4 aromatic carbocycles. The molecule has 0 bridgehead atoms. The smallest absolute Gasteiger partial charge is 0.261 e. The van der Waals surface area contributed by atoms with E-state index in [2.05, 4.69) is 10.6 Å². The first-order chi connectivity index (χ1) is 29.2. The van der Waals surface area contributed by atoms with Gasteiger partial charge in [0, 0.05) is 61.2 Å². The quantitative estimate of drug-likeness (QED) is 0.126. The highest BCUT2D eigenvalue weighted by Gasteiger charge is 2.43. The molecule has 0 aromatic heterocycles. The second-order valence-electron chi connectivity index (χ2n) is 15.3. The van der Waals surface area contributed by atoms with E-state index in [1.807, 2.05) is 60.8 Å². The first-order valence-corrected chi connectivity index (χ1v) is 20.0. The summed E-state index contributed by atoms with van der Waals surface area (Å²) in [5, 5.41) is 6.34. The maximum atomic E-state index is 14.0. The van der Waals surface area contributed by atoms with Gasteiger partial charge in [-0.2, -0.15) is 0 Å². The number of amides is 4. The molecule has 4 aromatic rings. The zero-order valence-electron chi connectivity index (χ0n) is 33.3. The number of carbonyl (C=O) groups excluding carboxylic acids is 4. The number of ether oxygens (including phenoxy) is 4. The van der Waals surface area contributed by atoms with Crippen molar-refractivity contribution in [1.29, 1.82) is 0 Å². The fourth-order valence-electron chi connectivity index (χ4n) is 8.61. The van der Waals surface area contributed by atoms with Crippen LogP contribution in [0.2, 0.25) is 0 Å². The number of methoxy groups -OCH3 is 2. The van der Waals surface area contributed by atoms with Crippen LogP contribution in [0.1, 0.15) is 69.5 Å². The molecule has 1 aliphatic carbocycles. The van der Waals surface area contributed by atoms with Crippen molar-refractivity contribution in [3.05, 3.63) is 118 Å². The average Bonchev–Trinajstić information content (AvgIpc) is 3.77. The van der Waals surface area contributed by atoms with E-state index in [-0.39, 0.29) is 49.3 Å². The minimum atomic E-state index is -0.622. The Morgan fingerprint density at radius 1 is 0.867 bits per heavy atom. The molecule has 14 heteroatoms. The number of para-hydroxylation sites is 1. The lowest BCUT2D eigenvalue weighted by Crippen LogP contribution is -2.40. The summed E-state index contributed by atoms with van der Waals surface area (Å²) >= 11 is 0. The lowest BCUT2D eigenvalue weighted by Gasteiger charge is -2.23. The third-order valence-electron chi connectivity index (χ3n) is 11.5. The number of benzene rings is 4. The third-order valence-corrected chi connectivity index (χ3v) is 11.5. The number of primary amides is 1. The predicted molar refractivity (Wildman–Crippen MR) is 226 cm³/mol. The van der Waals surface area contributed by atoms with Gasteiger partial charge in [-0.1, -0.05) is 24.3 Å². The summed E-state index contributed by atoms with van der Waals surface area (Å²) in [5.41, 5.74) is 13.2. The fraction of sp³-hybridized carbons (Fsp3) is 0.283. The number of aliphatic imine (C=N–C) groups is 1. The van der Waals surface area contributed by atoms with E-state index in [9.17, 15) is 19.2 Å². The SMILES string of the molecule is COc1cc2c(cc1OCc1cc(COc3cc4c(cc3OC)C(=O)N3C5=C(CCC=C5)C[C@H]3C(=O)N4)cc(NCCCC(N)=O)c1)N=C[C@@H]1Cc3ccccc3N1C2=O. The molecule has 0 saturated carbocycles. The van der Waals surface area contributed by atoms with Crippen molar-refractivity contribution in [2.24, 2.45) is 10.7 Å². The Morgan fingerprint density at radius 3 is 2.33 bits per heavy atom. The molecule has 9 rings (SSSR count). The summed E-state index contributed by atoms with van der Waals surface area (Å²) < 4.78 is 24.2. The second-order valence-corrected chi connectivity index (χ2v) is 15.3. The van der Waals surface area contributed by atoms with Crippen LogP contribution in [0.4, 0.5) is 22.7 Å². The molecule has 2 atom stereocenters. The first kappa shape index (κ1) is 38.4. The monoisotopic (exact) mass is 808 g/mol. The van der Waals surface area contributed by atoms with Crippen LogP contribution < -0.4 is 40.2 Å². The van der Waals surface area contributed by atoms with Crippen molar-refractivity contribution in [3.8, 4) is 23.0 Å². The van der Waals surface area contributed by atoms with Crippen LogP contribution in [-0.2, 0) is 29.2 Å². The van der Waals surface area contributed by atoms with Crippen LogP contribution in [0.15, 0.2) is 95.1 Å². The van der Waals surface area contributed by atoms with Gasteiger partial charge in [-0.25, -0.2) is 0 Å². The normalized spacial score (nSPS) is 18.3. The molecule has 0 spiro atoms. The number of fused-ring (bicyclic) bond motifs is 7. The topological polar surface area (TPSA) is 174 Å². The van der Waals surface area contributed by atoms with E-state index in [0.717, 1.165) is 52.2 Å². The maximum absolute atomic E-state index is 14.0. The highest BCUT2D eigenvalue weighted by Crippen LogP contribution is 2.44. The van der Waals surface area contributed by atoms with Gasteiger partial charge in [-0.15, -0.1) is 0 Å². The zero-order valence-corrected chi connectivity index (χ0v) is 33.3. The number of nitrogens with one attached hydrogen (secondary N) is 2. The number of nitrogens with two attached hydrogens (primary N) is 1. The number of anilines is 3. The van der Waals surface area contributed by atoms with Gasteiger partial charge in [-0.05, 0) is 84.0 Å². The number of hydrogen-bond acceptors (Lipinski definition) is 10. The molecule has 0 unspecified atom stereocenters.